The van der Waals surface area contributed by atoms with Gasteiger partial charge in [0.15, 0.2) is 0 Å². The van der Waals surface area contributed by atoms with Crippen molar-refractivity contribution in [3.8, 4) is 22.4 Å². The quantitative estimate of drug-likeness (QED) is 0.640. The van der Waals surface area contributed by atoms with Crippen LogP contribution in [-0.2, 0) is 4.79 Å². The summed E-state index contributed by atoms with van der Waals surface area (Å²) in [4.78, 5) is 17.8. The molecule has 0 fully saturated rings. The fourth-order valence-electron chi connectivity index (χ4n) is 2.23. The number of rotatable bonds is 6. The molecule has 2 heterocycles. The molecule has 0 aliphatic heterocycles. The van der Waals surface area contributed by atoms with Gasteiger partial charge in [-0.25, -0.2) is 4.98 Å². The third-order valence-corrected chi connectivity index (χ3v) is 5.33. The van der Waals surface area contributed by atoms with E-state index in [0.717, 1.165) is 10.6 Å². The van der Waals surface area contributed by atoms with Crippen LogP contribution in [0.25, 0.3) is 10.6 Å². The summed E-state index contributed by atoms with van der Waals surface area (Å²) >= 11 is 2.83. The number of amides is 1. The predicted molar refractivity (Wildman–Crippen MR) is 105 cm³/mol. The van der Waals surface area contributed by atoms with Gasteiger partial charge in [-0.15, -0.1) is 11.3 Å². The Hall–Kier alpha value is -2.82. The average molecular weight is 381 g/mol. The minimum atomic E-state index is -0.171. The second-order valence-electron chi connectivity index (χ2n) is 5.21. The zero-order valence-corrected chi connectivity index (χ0v) is 15.6. The van der Waals surface area contributed by atoms with Crippen LogP contribution in [0.15, 0.2) is 58.9 Å². The van der Waals surface area contributed by atoms with Crippen molar-refractivity contribution in [3.05, 3.63) is 59.5 Å². The van der Waals surface area contributed by atoms with Gasteiger partial charge >= 0.3 is 0 Å². The third kappa shape index (κ3) is 4.42. The van der Waals surface area contributed by atoms with Gasteiger partial charge in [0.1, 0.15) is 16.8 Å². The van der Waals surface area contributed by atoms with Crippen LogP contribution in [-0.4, -0.2) is 23.8 Å². The van der Waals surface area contributed by atoms with Crippen LogP contribution in [0.5, 0.6) is 5.75 Å². The van der Waals surface area contributed by atoms with Crippen molar-refractivity contribution in [1.29, 1.82) is 5.26 Å². The molecule has 0 radical (unpaired) electrons. The van der Waals surface area contributed by atoms with E-state index in [-0.39, 0.29) is 11.7 Å². The number of nitrogens with zero attached hydrogens (tertiary/aromatic N) is 2. The number of nitriles is 1. The highest BCUT2D eigenvalue weighted by molar-refractivity contribution is 8.00. The summed E-state index contributed by atoms with van der Waals surface area (Å²) in [5.41, 5.74) is 1.93. The highest BCUT2D eigenvalue weighted by Crippen LogP contribution is 2.28. The fraction of sp³-hybridized carbons (Fsp3) is 0.105. The van der Waals surface area contributed by atoms with Crippen molar-refractivity contribution in [2.45, 2.75) is 5.03 Å². The van der Waals surface area contributed by atoms with Crippen LogP contribution < -0.4 is 10.1 Å². The van der Waals surface area contributed by atoms with Gasteiger partial charge < -0.3 is 10.1 Å². The fourth-order valence-corrected chi connectivity index (χ4v) is 3.70. The van der Waals surface area contributed by atoms with E-state index in [9.17, 15) is 10.1 Å². The molecule has 1 N–H and O–H groups in total. The van der Waals surface area contributed by atoms with Gasteiger partial charge in [0.25, 0.3) is 0 Å². The Kier molecular flexibility index (Phi) is 5.89. The van der Waals surface area contributed by atoms with Crippen LogP contribution in [0.2, 0.25) is 0 Å². The topological polar surface area (TPSA) is 75.0 Å². The van der Waals surface area contributed by atoms with Gasteiger partial charge in [-0.1, -0.05) is 23.9 Å². The number of benzene rings is 1. The van der Waals surface area contributed by atoms with Gasteiger partial charge in [-0.05, 0) is 35.7 Å². The van der Waals surface area contributed by atoms with Crippen molar-refractivity contribution < 1.29 is 9.53 Å². The molecule has 0 aliphatic rings. The Labute approximate surface area is 159 Å². The van der Waals surface area contributed by atoms with Crippen molar-refractivity contribution in [3.63, 3.8) is 0 Å². The maximum absolute atomic E-state index is 12.2. The number of hydrogen-bond donors (Lipinski definition) is 1. The molecule has 26 heavy (non-hydrogen) atoms. The van der Waals surface area contributed by atoms with E-state index in [1.54, 1.807) is 42.7 Å². The minimum Gasteiger partial charge on any atom is -0.497 e. The van der Waals surface area contributed by atoms with Gasteiger partial charge in [-0.2, -0.15) is 5.26 Å². The van der Waals surface area contributed by atoms with Gasteiger partial charge in [0.05, 0.1) is 29.0 Å². The molecule has 1 aromatic carbocycles. The molecular formula is C19H15N3O2S2. The zero-order chi connectivity index (χ0) is 18.4. The Morgan fingerprint density at radius 1 is 1.31 bits per heavy atom. The van der Waals surface area contributed by atoms with E-state index in [1.165, 1.54) is 11.8 Å². The highest BCUT2D eigenvalue weighted by atomic mass is 32.2. The molecular weight excluding hydrogens is 366 g/mol. The van der Waals surface area contributed by atoms with E-state index >= 15 is 0 Å². The minimum absolute atomic E-state index is 0.160. The number of ether oxygens (including phenoxy) is 1. The molecule has 7 heteroatoms. The van der Waals surface area contributed by atoms with Gasteiger partial charge in [0, 0.05) is 11.8 Å². The summed E-state index contributed by atoms with van der Waals surface area (Å²) < 4.78 is 5.14. The van der Waals surface area contributed by atoms with Crippen molar-refractivity contribution in [2.75, 3.05) is 18.2 Å². The lowest BCUT2D eigenvalue weighted by Gasteiger charge is -2.08. The molecule has 0 aliphatic carbocycles. The maximum atomic E-state index is 12.2. The number of anilines is 1. The second-order valence-corrected chi connectivity index (χ2v) is 7.12. The van der Waals surface area contributed by atoms with E-state index in [1.807, 2.05) is 29.6 Å². The number of thioether (sulfide) groups is 1. The standard InChI is InChI=1S/C19H15N3O2S2/c1-24-15-5-2-4-14(10-15)21-18(23)12-26-19-13(11-20)7-8-16(22-19)17-6-3-9-25-17/h2-10H,12H2,1H3,(H,21,23). The molecule has 0 spiro atoms. The first-order valence-corrected chi connectivity index (χ1v) is 9.58. The molecule has 130 valence electrons. The summed E-state index contributed by atoms with van der Waals surface area (Å²) in [5.74, 6) is 0.662. The van der Waals surface area contributed by atoms with Crippen molar-refractivity contribution >= 4 is 34.7 Å². The third-order valence-electron chi connectivity index (χ3n) is 3.45. The number of pyridine rings is 1. The second kappa shape index (κ2) is 8.52. The number of carbonyl (C=O) groups excluding carboxylic acids is 1. The zero-order valence-electron chi connectivity index (χ0n) is 13.9. The van der Waals surface area contributed by atoms with Gasteiger partial charge in [-0.3, -0.25) is 4.79 Å². The molecule has 5 nitrogen and oxygen atoms in total. The van der Waals surface area contributed by atoms with Gasteiger partial charge in [0.2, 0.25) is 5.91 Å². The number of carbonyl (C=O) groups is 1. The Morgan fingerprint density at radius 3 is 2.92 bits per heavy atom. The SMILES string of the molecule is COc1cccc(NC(=O)CSc2nc(-c3cccs3)ccc2C#N)c1. The largest absolute Gasteiger partial charge is 0.497 e. The first-order valence-electron chi connectivity index (χ1n) is 7.71. The molecule has 0 bridgehead atoms. The number of thiophene rings is 1. The lowest BCUT2D eigenvalue weighted by atomic mass is 10.2. The molecule has 3 aromatic rings. The lowest BCUT2D eigenvalue weighted by molar-refractivity contribution is -0.113. The molecule has 0 saturated heterocycles. The first-order chi connectivity index (χ1) is 12.7. The average Bonchev–Trinajstić information content (AvgIpc) is 3.21. The molecule has 2 aromatic heterocycles. The number of methoxy groups -OCH3 is 1. The van der Waals surface area contributed by atoms with Crippen LogP contribution in [0.1, 0.15) is 5.56 Å². The molecule has 3 rings (SSSR count). The van der Waals surface area contributed by atoms with E-state index in [0.29, 0.717) is 22.0 Å². The summed E-state index contributed by atoms with van der Waals surface area (Å²) in [5, 5.41) is 14.6. The molecule has 0 unspecified atom stereocenters. The number of hydrogen-bond acceptors (Lipinski definition) is 6. The van der Waals surface area contributed by atoms with Crippen LogP contribution >= 0.6 is 23.1 Å². The summed E-state index contributed by atoms with van der Waals surface area (Å²) in [6, 6.07) is 16.8. The maximum Gasteiger partial charge on any atom is 0.234 e. The van der Waals surface area contributed by atoms with Crippen molar-refractivity contribution in [2.24, 2.45) is 0 Å². The normalized spacial score (nSPS) is 10.2. The number of aromatic nitrogens is 1. The predicted octanol–water partition coefficient (Wildman–Crippen LogP) is 4.42. The van der Waals surface area contributed by atoms with Crippen LogP contribution in [0.3, 0.4) is 0 Å². The molecule has 1 amide bonds. The van der Waals surface area contributed by atoms with Crippen molar-refractivity contribution in [1.82, 2.24) is 4.98 Å². The molecule has 0 saturated carbocycles. The lowest BCUT2D eigenvalue weighted by Crippen LogP contribution is -2.14. The van der Waals surface area contributed by atoms with Crippen LogP contribution in [0.4, 0.5) is 5.69 Å². The van der Waals surface area contributed by atoms with E-state index < -0.39 is 0 Å². The first kappa shape index (κ1) is 18.0. The number of nitrogens with one attached hydrogen (secondary N) is 1. The monoisotopic (exact) mass is 381 g/mol. The Bertz CT molecular complexity index is 950. The summed E-state index contributed by atoms with van der Waals surface area (Å²) in [6.45, 7) is 0. The molecule has 0 atom stereocenters. The Morgan fingerprint density at radius 2 is 2.19 bits per heavy atom. The smallest absolute Gasteiger partial charge is 0.234 e. The summed E-state index contributed by atoms with van der Waals surface area (Å²) in [6.07, 6.45) is 0. The van der Waals surface area contributed by atoms with E-state index in [4.69, 9.17) is 4.74 Å². The van der Waals surface area contributed by atoms with E-state index in [2.05, 4.69) is 16.4 Å². The van der Waals surface area contributed by atoms with Crippen LogP contribution in [0, 0.1) is 11.3 Å². The summed E-state index contributed by atoms with van der Waals surface area (Å²) in [7, 11) is 1.58. The Balaban J connectivity index is 1.69. The highest BCUT2D eigenvalue weighted by Gasteiger charge is 2.11.